The second kappa shape index (κ2) is 7.09. The van der Waals surface area contributed by atoms with Crippen LogP contribution in [-0.2, 0) is 4.79 Å². The van der Waals surface area contributed by atoms with Gasteiger partial charge in [-0.25, -0.2) is 10.2 Å². The average Bonchev–Trinajstić information content (AvgIpc) is 3.02. The number of rotatable bonds is 5. The van der Waals surface area contributed by atoms with Gasteiger partial charge >= 0.3 is 5.97 Å². The Balaban J connectivity index is 1.39. The molecule has 0 spiro atoms. The smallest absolute Gasteiger partial charge is 0.337 e. The zero-order chi connectivity index (χ0) is 19.9. The van der Waals surface area contributed by atoms with Crippen molar-refractivity contribution >= 4 is 29.7 Å². The highest BCUT2D eigenvalue weighted by molar-refractivity contribution is 6.33. The lowest BCUT2D eigenvalue weighted by atomic mass is 9.90. The molecule has 1 aromatic carbocycles. The van der Waals surface area contributed by atoms with E-state index < -0.39 is 5.97 Å². The Hall–Kier alpha value is -2.60. The lowest BCUT2D eigenvalue weighted by molar-refractivity contribution is -0.123. The maximum Gasteiger partial charge on any atom is 0.337 e. The highest BCUT2D eigenvalue weighted by Crippen LogP contribution is 2.66. The van der Waals surface area contributed by atoms with Crippen LogP contribution in [0.3, 0.4) is 0 Å². The van der Waals surface area contributed by atoms with Gasteiger partial charge in [0, 0.05) is 11.5 Å². The van der Waals surface area contributed by atoms with Crippen molar-refractivity contribution in [3.05, 3.63) is 46.7 Å². The Morgan fingerprint density at radius 1 is 1.32 bits per heavy atom. The molecule has 2 aromatic rings. The monoisotopic (exact) mass is 400 g/mol. The molecule has 2 saturated carbocycles. The Labute approximate surface area is 167 Å². The maximum atomic E-state index is 12.4. The zero-order valence-electron chi connectivity index (χ0n) is 15.4. The number of halogens is 1. The van der Waals surface area contributed by atoms with Gasteiger partial charge in [-0.05, 0) is 48.4 Å². The van der Waals surface area contributed by atoms with E-state index >= 15 is 0 Å². The molecule has 3 atom stereocenters. The number of aromatic carboxylic acids is 1. The molecule has 2 fully saturated rings. The van der Waals surface area contributed by atoms with E-state index in [1.54, 1.807) is 24.3 Å². The van der Waals surface area contributed by atoms with Gasteiger partial charge in [0.15, 0.2) is 0 Å². The molecule has 7 heteroatoms. The van der Waals surface area contributed by atoms with E-state index in [9.17, 15) is 9.59 Å². The number of hydrazone groups is 1. The summed E-state index contributed by atoms with van der Waals surface area (Å²) in [4.78, 5) is 23.4. The van der Waals surface area contributed by atoms with Gasteiger partial charge < -0.3 is 9.52 Å². The third kappa shape index (κ3) is 3.33. The Morgan fingerprint density at radius 3 is 2.82 bits per heavy atom. The minimum absolute atomic E-state index is 0.0199. The normalized spacial score (nSPS) is 26.1. The fourth-order valence-electron chi connectivity index (χ4n) is 4.50. The van der Waals surface area contributed by atoms with Crippen LogP contribution in [-0.4, -0.2) is 23.2 Å². The predicted octanol–water partition coefficient (Wildman–Crippen LogP) is 4.57. The molecule has 1 aromatic heterocycles. The molecular formula is C21H21ClN2O4. The van der Waals surface area contributed by atoms with E-state index in [1.807, 2.05) is 0 Å². The molecule has 4 rings (SSSR count). The zero-order valence-corrected chi connectivity index (χ0v) is 16.2. The molecule has 0 saturated heterocycles. The van der Waals surface area contributed by atoms with Crippen LogP contribution in [0.15, 0.2) is 39.9 Å². The van der Waals surface area contributed by atoms with E-state index in [2.05, 4.69) is 17.5 Å². The summed E-state index contributed by atoms with van der Waals surface area (Å²) in [5, 5.41) is 13.2. The van der Waals surface area contributed by atoms with Gasteiger partial charge in [0.25, 0.3) is 0 Å². The summed E-state index contributed by atoms with van der Waals surface area (Å²) in [6.07, 6.45) is 6.11. The first kappa shape index (κ1) is 18.7. The first-order valence-corrected chi connectivity index (χ1v) is 9.74. The number of hydrogen-bond donors (Lipinski definition) is 2. The molecule has 2 aliphatic rings. The van der Waals surface area contributed by atoms with E-state index in [0.29, 0.717) is 23.0 Å². The fourth-order valence-corrected chi connectivity index (χ4v) is 4.76. The third-order valence-corrected chi connectivity index (χ3v) is 6.40. The van der Waals surface area contributed by atoms with Gasteiger partial charge in [0.2, 0.25) is 5.91 Å². The SMILES string of the molecule is C[C@]12CCCC[C@@H]1[C@H]2C(=O)N/N=C\c1ccc(-c2ccc(C(=O)O)c(Cl)c2)o1. The number of furan rings is 1. The van der Waals surface area contributed by atoms with Crippen LogP contribution < -0.4 is 5.43 Å². The number of carboxylic acids is 1. The van der Waals surface area contributed by atoms with Crippen molar-refractivity contribution < 1.29 is 19.1 Å². The number of nitrogens with zero attached hydrogens (tertiary/aromatic N) is 1. The van der Waals surface area contributed by atoms with Gasteiger partial charge in [-0.1, -0.05) is 37.4 Å². The molecule has 0 bridgehead atoms. The maximum absolute atomic E-state index is 12.4. The van der Waals surface area contributed by atoms with Crippen LogP contribution in [0.25, 0.3) is 11.3 Å². The first-order chi connectivity index (χ1) is 13.4. The summed E-state index contributed by atoms with van der Waals surface area (Å²) < 4.78 is 5.69. The van der Waals surface area contributed by atoms with Crippen molar-refractivity contribution in [2.45, 2.75) is 32.6 Å². The summed E-state index contributed by atoms with van der Waals surface area (Å²) in [5.41, 5.74) is 3.49. The molecule has 6 nitrogen and oxygen atoms in total. The summed E-state index contributed by atoms with van der Waals surface area (Å²) in [7, 11) is 0. The fraction of sp³-hybridized carbons (Fsp3) is 0.381. The number of carbonyl (C=O) groups is 2. The summed E-state index contributed by atoms with van der Waals surface area (Å²) in [6.45, 7) is 2.20. The van der Waals surface area contributed by atoms with Crippen molar-refractivity contribution in [3.63, 3.8) is 0 Å². The minimum atomic E-state index is -1.08. The molecule has 1 amide bonds. The average molecular weight is 401 g/mol. The van der Waals surface area contributed by atoms with Crippen molar-refractivity contribution in [1.82, 2.24) is 5.43 Å². The lowest BCUT2D eigenvalue weighted by Crippen LogP contribution is -2.22. The number of carbonyl (C=O) groups excluding carboxylic acids is 1. The predicted molar refractivity (Wildman–Crippen MR) is 105 cm³/mol. The van der Waals surface area contributed by atoms with Gasteiger partial charge in [-0.2, -0.15) is 5.10 Å². The molecule has 2 aliphatic carbocycles. The van der Waals surface area contributed by atoms with Gasteiger partial charge in [-0.3, -0.25) is 4.79 Å². The quantitative estimate of drug-likeness (QED) is 0.567. The lowest BCUT2D eigenvalue weighted by Gasteiger charge is -2.15. The Bertz CT molecular complexity index is 967. The summed E-state index contributed by atoms with van der Waals surface area (Å²) in [6, 6.07) is 8.08. The van der Waals surface area contributed by atoms with Crippen molar-refractivity contribution in [3.8, 4) is 11.3 Å². The molecule has 0 aliphatic heterocycles. The van der Waals surface area contributed by atoms with Gasteiger partial charge in [0.05, 0.1) is 16.8 Å². The Kier molecular flexibility index (Phi) is 4.75. The highest BCUT2D eigenvalue weighted by atomic mass is 35.5. The van der Waals surface area contributed by atoms with Crippen molar-refractivity contribution in [2.75, 3.05) is 0 Å². The number of carboxylic acid groups (broad SMARTS) is 1. The number of benzene rings is 1. The molecule has 2 N–H and O–H groups in total. The largest absolute Gasteiger partial charge is 0.478 e. The van der Waals surface area contributed by atoms with Gasteiger partial charge in [0.1, 0.15) is 11.5 Å². The number of hydrogen-bond acceptors (Lipinski definition) is 4. The van der Waals surface area contributed by atoms with Crippen LogP contribution in [0.4, 0.5) is 0 Å². The van der Waals surface area contributed by atoms with Crippen LogP contribution in [0.1, 0.15) is 48.7 Å². The minimum Gasteiger partial charge on any atom is -0.478 e. The summed E-state index contributed by atoms with van der Waals surface area (Å²) >= 11 is 6.00. The van der Waals surface area contributed by atoms with Crippen LogP contribution in [0, 0.1) is 17.3 Å². The number of amides is 1. The molecule has 0 unspecified atom stereocenters. The number of fused-ring (bicyclic) bond motifs is 1. The van der Waals surface area contributed by atoms with E-state index in [1.165, 1.54) is 25.1 Å². The molecule has 1 heterocycles. The third-order valence-electron chi connectivity index (χ3n) is 6.09. The van der Waals surface area contributed by atoms with E-state index in [4.69, 9.17) is 21.1 Å². The molecule has 146 valence electrons. The standard InChI is InChI=1S/C21H21ClN2O4/c1-21-9-3-2-4-15(21)18(21)19(25)24-23-11-13-6-8-17(28-13)12-5-7-14(20(26)27)16(22)10-12/h5-8,10-11,15,18H,2-4,9H2,1H3,(H,24,25)(H,26,27)/b23-11-/t15-,18+,21+/m1/s1. The van der Waals surface area contributed by atoms with Crippen LogP contribution >= 0.6 is 11.6 Å². The number of nitrogens with one attached hydrogen (secondary N) is 1. The van der Waals surface area contributed by atoms with E-state index in [-0.39, 0.29) is 27.8 Å². The molecule has 0 radical (unpaired) electrons. The highest BCUT2D eigenvalue weighted by Gasteiger charge is 2.64. The topological polar surface area (TPSA) is 91.9 Å². The second-order valence-electron chi connectivity index (χ2n) is 7.77. The molecular weight excluding hydrogens is 380 g/mol. The van der Waals surface area contributed by atoms with Crippen LogP contribution in [0.5, 0.6) is 0 Å². The van der Waals surface area contributed by atoms with E-state index in [0.717, 1.165) is 12.8 Å². The van der Waals surface area contributed by atoms with Gasteiger partial charge in [-0.15, -0.1) is 0 Å². The van der Waals surface area contributed by atoms with Crippen molar-refractivity contribution in [1.29, 1.82) is 0 Å². The summed E-state index contributed by atoms with van der Waals surface area (Å²) in [5.74, 6) is 0.470. The first-order valence-electron chi connectivity index (χ1n) is 9.36. The van der Waals surface area contributed by atoms with Crippen LogP contribution in [0.2, 0.25) is 5.02 Å². The second-order valence-corrected chi connectivity index (χ2v) is 8.18. The Morgan fingerprint density at radius 2 is 2.14 bits per heavy atom. The molecule has 28 heavy (non-hydrogen) atoms. The van der Waals surface area contributed by atoms with Crippen molar-refractivity contribution in [2.24, 2.45) is 22.4 Å².